The topological polar surface area (TPSA) is 48.5 Å². The molecule has 0 aromatic heterocycles. The highest BCUT2D eigenvalue weighted by Crippen LogP contribution is 2.20. The summed E-state index contributed by atoms with van der Waals surface area (Å²) >= 11 is 0. The monoisotopic (exact) mass is 197 g/mol. The van der Waals surface area contributed by atoms with Gasteiger partial charge in [0.1, 0.15) is 6.07 Å². The van der Waals surface area contributed by atoms with Crippen molar-refractivity contribution in [3.63, 3.8) is 0 Å². The fourth-order valence-electron chi connectivity index (χ4n) is 1.21. The van der Waals surface area contributed by atoms with Crippen LogP contribution in [0.4, 0.5) is 5.69 Å². The molecule has 0 amide bonds. The Bertz CT molecular complexity index is 452. The van der Waals surface area contributed by atoms with Gasteiger partial charge >= 0.3 is 0 Å². The maximum absolute atomic E-state index is 8.87. The van der Waals surface area contributed by atoms with Crippen molar-refractivity contribution in [1.29, 1.82) is 5.26 Å². The van der Waals surface area contributed by atoms with E-state index >= 15 is 0 Å². The number of hydrogen-bond donors (Lipinski definition) is 0. The van der Waals surface area contributed by atoms with E-state index < -0.39 is 0 Å². The van der Waals surface area contributed by atoms with Crippen LogP contribution in [0.15, 0.2) is 40.5 Å². The highest BCUT2D eigenvalue weighted by molar-refractivity contribution is 5.58. The Labute approximate surface area is 89.1 Å². The Morgan fingerprint density at radius 3 is 2.67 bits per heavy atom. The lowest BCUT2D eigenvalue weighted by Gasteiger charge is -2.02. The Balaban J connectivity index is 3.04. The van der Waals surface area contributed by atoms with Gasteiger partial charge in [-0.25, -0.2) is 0 Å². The molecule has 0 aliphatic heterocycles. The van der Waals surface area contributed by atoms with Crippen LogP contribution < -0.4 is 0 Å². The van der Waals surface area contributed by atoms with Crippen LogP contribution in [0.5, 0.6) is 0 Å². The molecule has 0 atom stereocenters. The van der Waals surface area contributed by atoms with Crippen molar-refractivity contribution in [3.8, 4) is 6.07 Å². The zero-order valence-electron chi connectivity index (χ0n) is 8.40. The Hall–Kier alpha value is -2.21. The lowest BCUT2D eigenvalue weighted by atomic mass is 10.1. The van der Waals surface area contributed by atoms with Crippen molar-refractivity contribution in [2.75, 3.05) is 0 Å². The van der Waals surface area contributed by atoms with Crippen LogP contribution in [-0.4, -0.2) is 13.4 Å². The van der Waals surface area contributed by atoms with Gasteiger partial charge in [-0.1, -0.05) is 12.6 Å². The third kappa shape index (κ3) is 2.61. The lowest BCUT2D eigenvalue weighted by Crippen LogP contribution is -1.88. The van der Waals surface area contributed by atoms with E-state index in [9.17, 15) is 0 Å². The summed E-state index contributed by atoms with van der Waals surface area (Å²) < 4.78 is 0. The van der Waals surface area contributed by atoms with E-state index in [1.54, 1.807) is 12.1 Å². The summed E-state index contributed by atoms with van der Waals surface area (Å²) in [6.07, 6.45) is 0.593. The first-order valence-corrected chi connectivity index (χ1v) is 4.35. The third-order valence-electron chi connectivity index (χ3n) is 1.98. The van der Waals surface area contributed by atoms with Crippen molar-refractivity contribution in [2.45, 2.75) is 6.42 Å². The van der Waals surface area contributed by atoms with E-state index in [2.05, 4.69) is 36.1 Å². The van der Waals surface area contributed by atoms with Crippen LogP contribution in [0.1, 0.15) is 11.1 Å². The van der Waals surface area contributed by atoms with Crippen LogP contribution in [-0.2, 0) is 6.42 Å². The Morgan fingerprint density at radius 2 is 2.13 bits per heavy atom. The molecule has 0 N–H and O–H groups in total. The molecular weight excluding hydrogens is 186 g/mol. The molecule has 0 heterocycles. The smallest absolute Gasteiger partial charge is 0.101 e. The predicted molar refractivity (Wildman–Crippen MR) is 62.8 cm³/mol. The molecule has 0 aliphatic carbocycles. The standard InChI is InChI=1S/C12H11N3/c1-9(14-2)6-10-4-5-12(15-3)11(7-10)8-13/h4-5,7H,1-3,6H2. The van der Waals surface area contributed by atoms with Gasteiger partial charge in [-0.2, -0.15) is 5.26 Å². The Kier molecular flexibility index (Phi) is 3.53. The second kappa shape index (κ2) is 4.87. The highest BCUT2D eigenvalue weighted by Gasteiger charge is 2.02. The summed E-state index contributed by atoms with van der Waals surface area (Å²) in [5, 5.41) is 8.87. The van der Waals surface area contributed by atoms with E-state index in [1.807, 2.05) is 6.07 Å². The zero-order valence-corrected chi connectivity index (χ0v) is 8.40. The first-order valence-electron chi connectivity index (χ1n) is 4.35. The molecule has 0 saturated carbocycles. The van der Waals surface area contributed by atoms with Crippen LogP contribution in [0, 0.1) is 11.3 Å². The van der Waals surface area contributed by atoms with Crippen molar-refractivity contribution >= 4 is 19.1 Å². The van der Waals surface area contributed by atoms with Gasteiger partial charge in [0.05, 0.1) is 11.3 Å². The SMILES string of the molecule is C=NC(=C)Cc1ccc(N=C)c(C#N)c1. The highest BCUT2D eigenvalue weighted by atomic mass is 14.7. The minimum Gasteiger partial charge on any atom is -0.269 e. The molecule has 0 unspecified atom stereocenters. The molecule has 0 spiro atoms. The third-order valence-corrected chi connectivity index (χ3v) is 1.98. The molecule has 74 valence electrons. The first kappa shape index (κ1) is 10.9. The van der Waals surface area contributed by atoms with E-state index in [-0.39, 0.29) is 0 Å². The van der Waals surface area contributed by atoms with Crippen molar-refractivity contribution in [2.24, 2.45) is 9.98 Å². The van der Waals surface area contributed by atoms with Gasteiger partial charge in [0.2, 0.25) is 0 Å². The summed E-state index contributed by atoms with van der Waals surface area (Å²) in [5.74, 6) is 0. The number of allylic oxidation sites excluding steroid dienone is 1. The lowest BCUT2D eigenvalue weighted by molar-refractivity contribution is 1.12. The fourth-order valence-corrected chi connectivity index (χ4v) is 1.21. The number of aliphatic imine (C=N–C) groups is 2. The minimum absolute atomic E-state index is 0.513. The van der Waals surface area contributed by atoms with Crippen molar-refractivity contribution < 1.29 is 0 Å². The maximum atomic E-state index is 8.87. The molecule has 3 heteroatoms. The quantitative estimate of drug-likeness (QED) is 0.684. The van der Waals surface area contributed by atoms with Crippen LogP contribution in [0.25, 0.3) is 0 Å². The number of nitriles is 1. The van der Waals surface area contributed by atoms with E-state index in [4.69, 9.17) is 5.26 Å². The van der Waals surface area contributed by atoms with Gasteiger partial charge in [0.15, 0.2) is 0 Å². The molecule has 0 bridgehead atoms. The van der Waals surface area contributed by atoms with Gasteiger partial charge < -0.3 is 0 Å². The molecule has 0 aliphatic rings. The van der Waals surface area contributed by atoms with Crippen LogP contribution in [0.3, 0.4) is 0 Å². The average molecular weight is 197 g/mol. The second-order valence-electron chi connectivity index (χ2n) is 3.02. The van der Waals surface area contributed by atoms with Gasteiger partial charge in [-0.15, -0.1) is 0 Å². The van der Waals surface area contributed by atoms with Crippen molar-refractivity contribution in [3.05, 3.63) is 41.6 Å². The maximum Gasteiger partial charge on any atom is 0.101 e. The van der Waals surface area contributed by atoms with E-state index in [1.165, 1.54) is 0 Å². The van der Waals surface area contributed by atoms with Gasteiger partial charge in [-0.05, 0) is 31.1 Å². The van der Waals surface area contributed by atoms with E-state index in [0.717, 1.165) is 5.56 Å². The molecule has 0 saturated heterocycles. The predicted octanol–water partition coefficient (Wildman–Crippen LogP) is 2.65. The summed E-state index contributed by atoms with van der Waals surface area (Å²) in [6.45, 7) is 10.5. The first-order chi connectivity index (χ1) is 7.21. The largest absolute Gasteiger partial charge is 0.269 e. The fraction of sp³-hybridized carbons (Fsp3) is 0.0833. The number of benzene rings is 1. The molecule has 0 radical (unpaired) electrons. The molecule has 15 heavy (non-hydrogen) atoms. The van der Waals surface area contributed by atoms with E-state index in [0.29, 0.717) is 23.4 Å². The summed E-state index contributed by atoms with van der Waals surface area (Å²) in [7, 11) is 0. The Morgan fingerprint density at radius 1 is 1.40 bits per heavy atom. The summed E-state index contributed by atoms with van der Waals surface area (Å²) in [5.41, 5.74) is 2.76. The minimum atomic E-state index is 0.513. The molecule has 1 aromatic carbocycles. The van der Waals surface area contributed by atoms with Crippen LogP contribution >= 0.6 is 0 Å². The summed E-state index contributed by atoms with van der Waals surface area (Å²) in [4.78, 5) is 7.47. The summed E-state index contributed by atoms with van der Waals surface area (Å²) in [6, 6.07) is 7.47. The van der Waals surface area contributed by atoms with Gasteiger partial charge in [0, 0.05) is 12.1 Å². The zero-order chi connectivity index (χ0) is 11.3. The molecule has 3 nitrogen and oxygen atoms in total. The number of hydrogen-bond acceptors (Lipinski definition) is 3. The molecular formula is C12H11N3. The second-order valence-corrected chi connectivity index (χ2v) is 3.02. The van der Waals surface area contributed by atoms with Crippen LogP contribution in [0.2, 0.25) is 0 Å². The normalized spacial score (nSPS) is 9.00. The molecule has 1 rings (SSSR count). The number of nitrogens with zero attached hydrogens (tertiary/aromatic N) is 3. The average Bonchev–Trinajstić information content (AvgIpc) is 2.28. The van der Waals surface area contributed by atoms with Gasteiger partial charge in [0.25, 0.3) is 0 Å². The number of rotatable bonds is 4. The molecule has 1 aromatic rings. The molecule has 0 fully saturated rings. The van der Waals surface area contributed by atoms with Gasteiger partial charge in [-0.3, -0.25) is 9.98 Å². The van der Waals surface area contributed by atoms with Crippen molar-refractivity contribution in [1.82, 2.24) is 0 Å².